The van der Waals surface area contributed by atoms with Crippen molar-refractivity contribution in [3.05, 3.63) is 65.6 Å². The number of benzene rings is 2. The van der Waals surface area contributed by atoms with E-state index in [9.17, 15) is 18.0 Å². The molecule has 25 heavy (non-hydrogen) atoms. The molecule has 0 saturated carbocycles. The maximum absolute atomic E-state index is 13.5. The maximum atomic E-state index is 13.5. The number of nitrogens with one attached hydrogen (secondary N) is 1. The average molecular weight is 346 g/mol. The van der Waals surface area contributed by atoms with E-state index in [0.717, 1.165) is 11.5 Å². The fourth-order valence-electron chi connectivity index (χ4n) is 2.34. The number of fused-ring (bicyclic) bond motifs is 1. The second-order valence-electron chi connectivity index (χ2n) is 5.33. The van der Waals surface area contributed by atoms with Gasteiger partial charge in [-0.3, -0.25) is 9.78 Å². The third-order valence-corrected chi connectivity index (χ3v) is 3.64. The Morgan fingerprint density at radius 3 is 2.72 bits per heavy atom. The third kappa shape index (κ3) is 3.40. The van der Waals surface area contributed by atoms with Gasteiger partial charge in [0.1, 0.15) is 11.3 Å². The van der Waals surface area contributed by atoms with Crippen molar-refractivity contribution in [1.29, 1.82) is 0 Å². The first-order valence-corrected chi connectivity index (χ1v) is 7.38. The number of aromatic nitrogens is 1. The van der Waals surface area contributed by atoms with Crippen molar-refractivity contribution in [3.8, 4) is 5.75 Å². The molecular formula is C18H13F3N2O2. The highest BCUT2D eigenvalue weighted by molar-refractivity contribution is 5.93. The Labute approximate surface area is 141 Å². The van der Waals surface area contributed by atoms with E-state index in [1.165, 1.54) is 6.92 Å². The molecule has 1 N–H and O–H groups in total. The summed E-state index contributed by atoms with van der Waals surface area (Å²) in [6, 6.07) is 9.62. The molecule has 1 heterocycles. The van der Waals surface area contributed by atoms with Crippen molar-refractivity contribution < 1.29 is 22.7 Å². The van der Waals surface area contributed by atoms with Crippen molar-refractivity contribution in [2.75, 3.05) is 11.9 Å². The number of carbonyl (C=O) groups excluding carboxylic acids is 1. The van der Waals surface area contributed by atoms with E-state index in [1.54, 1.807) is 24.4 Å². The van der Waals surface area contributed by atoms with Crippen LogP contribution in [0.5, 0.6) is 5.75 Å². The first-order chi connectivity index (χ1) is 12.0. The predicted molar refractivity (Wildman–Crippen MR) is 86.9 cm³/mol. The quantitative estimate of drug-likeness (QED) is 0.727. The highest BCUT2D eigenvalue weighted by atomic mass is 19.2. The molecule has 0 radical (unpaired) electrons. The van der Waals surface area contributed by atoms with E-state index in [-0.39, 0.29) is 11.3 Å². The average Bonchev–Trinajstić information content (AvgIpc) is 2.62. The Morgan fingerprint density at radius 2 is 1.92 bits per heavy atom. The van der Waals surface area contributed by atoms with Gasteiger partial charge in [0, 0.05) is 28.9 Å². The summed E-state index contributed by atoms with van der Waals surface area (Å²) in [5.41, 5.74) is 0.243. The number of carbonyl (C=O) groups is 1. The molecule has 4 nitrogen and oxygen atoms in total. The number of hydrogen-bond acceptors (Lipinski definition) is 3. The first kappa shape index (κ1) is 16.8. The van der Waals surface area contributed by atoms with Crippen molar-refractivity contribution in [2.45, 2.75) is 6.92 Å². The smallest absolute Gasteiger partial charge is 0.262 e. The van der Waals surface area contributed by atoms with E-state index in [0.29, 0.717) is 11.3 Å². The van der Waals surface area contributed by atoms with Crippen LogP contribution in [0.3, 0.4) is 0 Å². The van der Waals surface area contributed by atoms with Crippen molar-refractivity contribution in [1.82, 2.24) is 4.98 Å². The van der Waals surface area contributed by atoms with Crippen LogP contribution in [0.1, 0.15) is 5.56 Å². The van der Waals surface area contributed by atoms with Crippen LogP contribution in [0.2, 0.25) is 0 Å². The monoisotopic (exact) mass is 346 g/mol. The normalized spacial score (nSPS) is 10.7. The lowest BCUT2D eigenvalue weighted by Gasteiger charge is -2.12. The van der Waals surface area contributed by atoms with Crippen LogP contribution in [0.4, 0.5) is 18.9 Å². The number of ether oxygens (including phenoxy) is 1. The zero-order valence-electron chi connectivity index (χ0n) is 13.1. The van der Waals surface area contributed by atoms with Gasteiger partial charge in [0.15, 0.2) is 24.1 Å². The van der Waals surface area contributed by atoms with E-state index in [1.807, 2.05) is 12.1 Å². The summed E-state index contributed by atoms with van der Waals surface area (Å²) in [5.74, 6) is -4.52. The van der Waals surface area contributed by atoms with E-state index < -0.39 is 30.0 Å². The molecule has 0 unspecified atom stereocenters. The Balaban J connectivity index is 1.73. The molecule has 0 atom stereocenters. The van der Waals surface area contributed by atoms with Gasteiger partial charge in [0.25, 0.3) is 5.91 Å². The Morgan fingerprint density at radius 1 is 1.16 bits per heavy atom. The minimum atomic E-state index is -1.58. The molecule has 128 valence electrons. The van der Waals surface area contributed by atoms with Gasteiger partial charge in [-0.05, 0) is 19.1 Å². The lowest BCUT2D eigenvalue weighted by Crippen LogP contribution is -2.21. The number of rotatable bonds is 4. The van der Waals surface area contributed by atoms with Gasteiger partial charge in [-0.15, -0.1) is 0 Å². The second-order valence-corrected chi connectivity index (χ2v) is 5.33. The van der Waals surface area contributed by atoms with Gasteiger partial charge in [-0.25, -0.2) is 13.2 Å². The van der Waals surface area contributed by atoms with Gasteiger partial charge in [-0.1, -0.05) is 18.2 Å². The predicted octanol–water partition coefficient (Wildman–Crippen LogP) is 3.98. The molecule has 1 amide bonds. The molecule has 7 heteroatoms. The van der Waals surface area contributed by atoms with Crippen molar-refractivity contribution in [2.24, 2.45) is 0 Å². The van der Waals surface area contributed by atoms with Gasteiger partial charge in [0.05, 0.1) is 0 Å². The summed E-state index contributed by atoms with van der Waals surface area (Å²) < 4.78 is 45.4. The fraction of sp³-hybridized carbons (Fsp3) is 0.111. The Kier molecular flexibility index (Phi) is 4.56. The highest BCUT2D eigenvalue weighted by Crippen LogP contribution is 2.24. The molecule has 0 aliphatic heterocycles. The molecule has 0 fully saturated rings. The zero-order valence-corrected chi connectivity index (χ0v) is 13.1. The van der Waals surface area contributed by atoms with E-state index in [4.69, 9.17) is 4.74 Å². The van der Waals surface area contributed by atoms with E-state index >= 15 is 0 Å². The molecule has 2 aromatic carbocycles. The molecule has 0 bridgehead atoms. The number of hydrogen-bond donors (Lipinski definition) is 1. The minimum Gasteiger partial charge on any atom is -0.481 e. The molecule has 0 spiro atoms. The molecular weight excluding hydrogens is 333 g/mol. The molecule has 1 aromatic heterocycles. The number of pyridine rings is 1. The SMILES string of the molecule is Cc1c(NC(=O)COc2cccc3cccnc23)cc(F)c(F)c1F. The Hall–Kier alpha value is -3.09. The molecule has 0 saturated heterocycles. The molecule has 0 aliphatic carbocycles. The van der Waals surface area contributed by atoms with Gasteiger partial charge in [-0.2, -0.15) is 0 Å². The van der Waals surface area contributed by atoms with Crippen LogP contribution in [-0.2, 0) is 4.79 Å². The lowest BCUT2D eigenvalue weighted by atomic mass is 10.1. The van der Waals surface area contributed by atoms with E-state index in [2.05, 4.69) is 10.3 Å². The summed E-state index contributed by atoms with van der Waals surface area (Å²) in [7, 11) is 0. The summed E-state index contributed by atoms with van der Waals surface area (Å²) in [5, 5.41) is 3.15. The number of anilines is 1. The van der Waals surface area contributed by atoms with Crippen LogP contribution in [0.15, 0.2) is 42.6 Å². The molecule has 3 rings (SSSR count). The highest BCUT2D eigenvalue weighted by Gasteiger charge is 2.17. The molecule has 0 aliphatic rings. The topological polar surface area (TPSA) is 51.2 Å². The Bertz CT molecular complexity index is 955. The number of para-hydroxylation sites is 1. The zero-order chi connectivity index (χ0) is 18.0. The largest absolute Gasteiger partial charge is 0.481 e. The van der Waals surface area contributed by atoms with Gasteiger partial charge >= 0.3 is 0 Å². The maximum Gasteiger partial charge on any atom is 0.262 e. The van der Waals surface area contributed by atoms with Crippen LogP contribution in [0.25, 0.3) is 10.9 Å². The second kappa shape index (κ2) is 6.80. The van der Waals surface area contributed by atoms with Crippen LogP contribution >= 0.6 is 0 Å². The van der Waals surface area contributed by atoms with Crippen molar-refractivity contribution in [3.63, 3.8) is 0 Å². The lowest BCUT2D eigenvalue weighted by molar-refractivity contribution is -0.118. The van der Waals surface area contributed by atoms with Crippen molar-refractivity contribution >= 4 is 22.5 Å². The number of nitrogens with zero attached hydrogens (tertiary/aromatic N) is 1. The number of amides is 1. The standard InChI is InChI=1S/C18H13F3N2O2/c1-10-13(8-12(19)17(21)16(10)20)23-15(24)9-25-14-6-2-4-11-5-3-7-22-18(11)14/h2-8H,9H2,1H3,(H,23,24). The fourth-order valence-corrected chi connectivity index (χ4v) is 2.34. The number of halogens is 3. The third-order valence-electron chi connectivity index (χ3n) is 3.64. The summed E-state index contributed by atoms with van der Waals surface area (Å²) >= 11 is 0. The summed E-state index contributed by atoms with van der Waals surface area (Å²) in [6.45, 7) is 0.846. The summed E-state index contributed by atoms with van der Waals surface area (Å²) in [6.07, 6.45) is 1.60. The summed E-state index contributed by atoms with van der Waals surface area (Å²) in [4.78, 5) is 16.2. The minimum absolute atomic E-state index is 0.152. The molecule has 3 aromatic rings. The first-order valence-electron chi connectivity index (χ1n) is 7.38. The van der Waals surface area contributed by atoms with Crippen LogP contribution in [-0.4, -0.2) is 17.5 Å². The van der Waals surface area contributed by atoms with Crippen LogP contribution in [0, 0.1) is 24.4 Å². The van der Waals surface area contributed by atoms with Gasteiger partial charge in [0.2, 0.25) is 0 Å². The van der Waals surface area contributed by atoms with Crippen LogP contribution < -0.4 is 10.1 Å². The van der Waals surface area contributed by atoms with Gasteiger partial charge < -0.3 is 10.1 Å².